The van der Waals surface area contributed by atoms with Crippen LogP contribution in [0.1, 0.15) is 24.5 Å². The van der Waals surface area contributed by atoms with Gasteiger partial charge in [-0.15, -0.1) is 0 Å². The summed E-state index contributed by atoms with van der Waals surface area (Å²) in [6.07, 6.45) is 1.81. The molecule has 0 fully saturated rings. The molecule has 0 aliphatic carbocycles. The Morgan fingerprint density at radius 1 is 1.14 bits per heavy atom. The van der Waals surface area contributed by atoms with Crippen LogP contribution < -0.4 is 10.5 Å². The summed E-state index contributed by atoms with van der Waals surface area (Å²) in [6, 6.07) is 13.5. The summed E-state index contributed by atoms with van der Waals surface area (Å²) in [7, 11) is 0. The van der Waals surface area contributed by atoms with Crippen molar-refractivity contribution in [2.75, 3.05) is 0 Å². The predicted molar refractivity (Wildman–Crippen MR) is 89.2 cm³/mol. The summed E-state index contributed by atoms with van der Waals surface area (Å²) in [4.78, 5) is 0. The average molecular weight is 324 g/mol. The fraction of sp³-hybridized carbons (Fsp3) is 0.294. The second kappa shape index (κ2) is 7.69. The summed E-state index contributed by atoms with van der Waals surface area (Å²) in [6.45, 7) is 2.48. The van der Waals surface area contributed by atoms with E-state index in [0.717, 1.165) is 24.2 Å². The van der Waals surface area contributed by atoms with Crippen LogP contribution in [0.15, 0.2) is 42.5 Å². The van der Waals surface area contributed by atoms with Gasteiger partial charge in [0.05, 0.1) is 0 Å². The molecule has 112 valence electrons. The normalized spacial score (nSPS) is 12.2. The molecule has 2 aromatic carbocycles. The standard InChI is InChI=1S/C17H19Cl2NO/c1-2-15(20)8-12-4-3-5-16(9-12)21-11-13-10-14(18)6-7-17(13)19/h3-7,9-10,15H,2,8,11,20H2,1H3. The smallest absolute Gasteiger partial charge is 0.120 e. The fourth-order valence-electron chi connectivity index (χ4n) is 2.02. The highest BCUT2D eigenvalue weighted by Gasteiger charge is 2.05. The Balaban J connectivity index is 2.03. The number of hydrogen-bond donors (Lipinski definition) is 1. The van der Waals surface area contributed by atoms with Crippen LogP contribution in [-0.4, -0.2) is 6.04 Å². The van der Waals surface area contributed by atoms with E-state index in [-0.39, 0.29) is 6.04 Å². The Bertz CT molecular complexity index is 601. The summed E-state index contributed by atoms with van der Waals surface area (Å²) >= 11 is 12.1. The molecule has 0 saturated heterocycles. The summed E-state index contributed by atoms with van der Waals surface area (Å²) < 4.78 is 5.80. The molecule has 0 heterocycles. The fourth-order valence-corrected chi connectivity index (χ4v) is 2.39. The van der Waals surface area contributed by atoms with E-state index in [1.165, 1.54) is 5.56 Å². The van der Waals surface area contributed by atoms with Gasteiger partial charge in [-0.2, -0.15) is 0 Å². The van der Waals surface area contributed by atoms with Crippen molar-refractivity contribution in [2.24, 2.45) is 5.73 Å². The molecule has 0 amide bonds. The van der Waals surface area contributed by atoms with Gasteiger partial charge in [0, 0.05) is 21.7 Å². The van der Waals surface area contributed by atoms with Crippen LogP contribution in [0, 0.1) is 0 Å². The first-order valence-corrected chi connectivity index (χ1v) is 7.75. The van der Waals surface area contributed by atoms with E-state index in [4.69, 9.17) is 33.7 Å². The molecule has 0 aromatic heterocycles. The van der Waals surface area contributed by atoms with E-state index in [2.05, 4.69) is 13.0 Å². The molecule has 4 heteroatoms. The van der Waals surface area contributed by atoms with Crippen molar-refractivity contribution in [2.45, 2.75) is 32.4 Å². The molecule has 21 heavy (non-hydrogen) atoms. The van der Waals surface area contributed by atoms with Crippen molar-refractivity contribution in [1.82, 2.24) is 0 Å². The van der Waals surface area contributed by atoms with Crippen molar-refractivity contribution < 1.29 is 4.74 Å². The first kappa shape index (κ1) is 16.2. The van der Waals surface area contributed by atoms with Gasteiger partial charge in [0.2, 0.25) is 0 Å². The highest BCUT2D eigenvalue weighted by Crippen LogP contribution is 2.23. The largest absolute Gasteiger partial charge is 0.489 e. The lowest BCUT2D eigenvalue weighted by atomic mass is 10.0. The molecule has 0 spiro atoms. The van der Waals surface area contributed by atoms with Crippen LogP contribution >= 0.6 is 23.2 Å². The Hall–Kier alpha value is -1.22. The van der Waals surface area contributed by atoms with E-state index >= 15 is 0 Å². The zero-order chi connectivity index (χ0) is 15.2. The number of hydrogen-bond acceptors (Lipinski definition) is 2. The van der Waals surface area contributed by atoms with Crippen LogP contribution in [0.5, 0.6) is 5.75 Å². The molecule has 0 saturated carbocycles. The number of ether oxygens (including phenoxy) is 1. The molecule has 0 radical (unpaired) electrons. The first-order valence-electron chi connectivity index (χ1n) is 6.99. The van der Waals surface area contributed by atoms with Crippen LogP contribution in [0.25, 0.3) is 0 Å². The third-order valence-electron chi connectivity index (χ3n) is 3.32. The second-order valence-electron chi connectivity index (χ2n) is 5.04. The number of benzene rings is 2. The maximum absolute atomic E-state index is 6.13. The lowest BCUT2D eigenvalue weighted by Gasteiger charge is -2.12. The number of nitrogens with two attached hydrogens (primary N) is 1. The first-order chi connectivity index (χ1) is 10.1. The minimum Gasteiger partial charge on any atom is -0.489 e. The van der Waals surface area contributed by atoms with Crippen LogP contribution in [0.4, 0.5) is 0 Å². The van der Waals surface area contributed by atoms with Gasteiger partial charge >= 0.3 is 0 Å². The third kappa shape index (κ3) is 4.92. The van der Waals surface area contributed by atoms with Gasteiger partial charge in [-0.3, -0.25) is 0 Å². The van der Waals surface area contributed by atoms with E-state index in [9.17, 15) is 0 Å². The highest BCUT2D eigenvalue weighted by molar-refractivity contribution is 6.33. The molecule has 2 rings (SSSR count). The molecule has 2 N–H and O–H groups in total. The summed E-state index contributed by atoms with van der Waals surface area (Å²) in [5, 5.41) is 1.31. The second-order valence-corrected chi connectivity index (χ2v) is 5.89. The van der Waals surface area contributed by atoms with Crippen molar-refractivity contribution in [3.05, 3.63) is 63.6 Å². The zero-order valence-electron chi connectivity index (χ0n) is 12.0. The molecule has 1 atom stereocenters. The van der Waals surface area contributed by atoms with Crippen molar-refractivity contribution in [3.8, 4) is 5.75 Å². The monoisotopic (exact) mass is 323 g/mol. The number of rotatable bonds is 6. The predicted octanol–water partition coefficient (Wildman–Crippen LogP) is 4.85. The average Bonchev–Trinajstić information content (AvgIpc) is 2.48. The molecule has 0 aliphatic heterocycles. The quantitative estimate of drug-likeness (QED) is 0.824. The topological polar surface area (TPSA) is 35.2 Å². The SMILES string of the molecule is CCC(N)Cc1cccc(OCc2cc(Cl)ccc2Cl)c1. The minimum atomic E-state index is 0.183. The van der Waals surface area contributed by atoms with E-state index < -0.39 is 0 Å². The lowest BCUT2D eigenvalue weighted by molar-refractivity contribution is 0.306. The van der Waals surface area contributed by atoms with Gasteiger partial charge in [0.25, 0.3) is 0 Å². The van der Waals surface area contributed by atoms with Crippen molar-refractivity contribution >= 4 is 23.2 Å². The Morgan fingerprint density at radius 2 is 1.95 bits per heavy atom. The van der Waals surface area contributed by atoms with Crippen LogP contribution in [-0.2, 0) is 13.0 Å². The van der Waals surface area contributed by atoms with E-state index in [1.807, 2.05) is 24.3 Å². The molecular formula is C17H19Cl2NO. The van der Waals surface area contributed by atoms with Gasteiger partial charge in [-0.25, -0.2) is 0 Å². The van der Waals surface area contributed by atoms with Gasteiger partial charge in [0.1, 0.15) is 12.4 Å². The summed E-state index contributed by atoms with van der Waals surface area (Å²) in [5.41, 5.74) is 8.04. The Kier molecular flexibility index (Phi) is 5.92. The molecular weight excluding hydrogens is 305 g/mol. The summed E-state index contributed by atoms with van der Waals surface area (Å²) in [5.74, 6) is 0.812. The third-order valence-corrected chi connectivity index (χ3v) is 3.93. The van der Waals surface area contributed by atoms with Gasteiger partial charge in [0.15, 0.2) is 0 Å². The molecule has 1 unspecified atom stereocenters. The van der Waals surface area contributed by atoms with Crippen LogP contribution in [0.3, 0.4) is 0 Å². The molecule has 0 bridgehead atoms. The maximum Gasteiger partial charge on any atom is 0.120 e. The zero-order valence-corrected chi connectivity index (χ0v) is 13.5. The van der Waals surface area contributed by atoms with Gasteiger partial charge < -0.3 is 10.5 Å². The maximum atomic E-state index is 6.13. The van der Waals surface area contributed by atoms with Crippen LogP contribution in [0.2, 0.25) is 10.0 Å². The Labute approximate surface area is 135 Å². The number of halogens is 2. The lowest BCUT2D eigenvalue weighted by Crippen LogP contribution is -2.21. The Morgan fingerprint density at radius 3 is 2.71 bits per heavy atom. The minimum absolute atomic E-state index is 0.183. The molecule has 2 aromatic rings. The van der Waals surface area contributed by atoms with E-state index in [0.29, 0.717) is 16.7 Å². The van der Waals surface area contributed by atoms with Crippen molar-refractivity contribution in [3.63, 3.8) is 0 Å². The van der Waals surface area contributed by atoms with Gasteiger partial charge in [-0.05, 0) is 48.7 Å². The molecule has 0 aliphatic rings. The molecule has 2 nitrogen and oxygen atoms in total. The highest BCUT2D eigenvalue weighted by atomic mass is 35.5. The van der Waals surface area contributed by atoms with Gasteiger partial charge in [-0.1, -0.05) is 42.3 Å². The van der Waals surface area contributed by atoms with Crippen molar-refractivity contribution in [1.29, 1.82) is 0 Å². The van der Waals surface area contributed by atoms with E-state index in [1.54, 1.807) is 12.1 Å².